The molecule has 0 spiro atoms. The highest BCUT2D eigenvalue weighted by molar-refractivity contribution is 6.30. The maximum atomic E-state index is 14.5. The Hall–Kier alpha value is -3.52. The minimum absolute atomic E-state index is 0.340. The Kier molecular flexibility index (Phi) is 3.76. The van der Waals surface area contributed by atoms with E-state index in [0.29, 0.717) is 33.9 Å². The summed E-state index contributed by atoms with van der Waals surface area (Å²) in [6, 6.07) is 8.37. The molecule has 1 fully saturated rings. The van der Waals surface area contributed by atoms with E-state index in [1.165, 1.54) is 6.07 Å². The topological polar surface area (TPSA) is 84.9 Å². The lowest BCUT2D eigenvalue weighted by molar-refractivity contribution is 0.380. The molecule has 0 atom stereocenters. The van der Waals surface area contributed by atoms with Crippen molar-refractivity contribution in [3.63, 3.8) is 0 Å². The number of rotatable bonds is 4. The van der Waals surface area contributed by atoms with Crippen molar-refractivity contribution in [1.29, 1.82) is 0 Å². The van der Waals surface area contributed by atoms with Gasteiger partial charge in [-0.05, 0) is 43.2 Å². The second kappa shape index (κ2) is 6.50. The van der Waals surface area contributed by atoms with Crippen LogP contribution in [0.5, 0.6) is 0 Å². The molecule has 1 N–H and O–H groups in total. The number of aromatic amines is 1. The van der Waals surface area contributed by atoms with Crippen molar-refractivity contribution in [2.24, 2.45) is 0 Å². The largest absolute Gasteiger partial charge is 0.339 e. The van der Waals surface area contributed by atoms with Crippen LogP contribution in [-0.2, 0) is 0 Å². The van der Waals surface area contributed by atoms with Crippen molar-refractivity contribution in [1.82, 2.24) is 29.7 Å². The lowest BCUT2D eigenvalue weighted by Crippen LogP contribution is -1.93. The number of hydrogen-bond donors (Lipinski definition) is 1. The minimum Gasteiger partial charge on any atom is -0.339 e. The van der Waals surface area contributed by atoms with Gasteiger partial charge in [0.2, 0.25) is 11.7 Å². The van der Waals surface area contributed by atoms with E-state index in [1.54, 1.807) is 24.5 Å². The SMILES string of the molecule is Fc1cc(Cl)ccc1-c1[nH]ncc1-c1ccc2ncc(-c3noc(C4CC4)n3)n2c1. The summed E-state index contributed by atoms with van der Waals surface area (Å²) in [5.41, 5.74) is 4.03. The molecule has 0 radical (unpaired) electrons. The molecule has 0 amide bonds. The van der Waals surface area contributed by atoms with Crippen LogP contribution in [0, 0.1) is 5.82 Å². The van der Waals surface area contributed by atoms with Crippen LogP contribution >= 0.6 is 11.6 Å². The van der Waals surface area contributed by atoms with Crippen molar-refractivity contribution in [3.05, 3.63) is 65.7 Å². The fourth-order valence-electron chi connectivity index (χ4n) is 3.54. The quantitative estimate of drug-likeness (QED) is 0.436. The van der Waals surface area contributed by atoms with Gasteiger partial charge in [-0.1, -0.05) is 16.8 Å². The summed E-state index contributed by atoms with van der Waals surface area (Å²) in [6.45, 7) is 0. The third kappa shape index (κ3) is 2.80. The molecular formula is C21H14ClFN6O. The number of H-pyrrole nitrogens is 1. The summed E-state index contributed by atoms with van der Waals surface area (Å²) < 4.78 is 21.8. The molecule has 0 bridgehead atoms. The molecule has 1 aliphatic rings. The summed E-state index contributed by atoms with van der Waals surface area (Å²) in [5.74, 6) is 1.13. The van der Waals surface area contributed by atoms with Crippen molar-refractivity contribution in [2.45, 2.75) is 18.8 Å². The van der Waals surface area contributed by atoms with Crippen LogP contribution < -0.4 is 0 Å². The van der Waals surface area contributed by atoms with Gasteiger partial charge in [-0.15, -0.1) is 0 Å². The molecular weight excluding hydrogens is 407 g/mol. The van der Waals surface area contributed by atoms with E-state index in [0.717, 1.165) is 35.3 Å². The van der Waals surface area contributed by atoms with Gasteiger partial charge in [0.05, 0.1) is 18.1 Å². The minimum atomic E-state index is -0.420. The molecule has 148 valence electrons. The number of nitrogens with one attached hydrogen (secondary N) is 1. The van der Waals surface area contributed by atoms with Gasteiger partial charge in [0.15, 0.2) is 0 Å². The molecule has 9 heteroatoms. The van der Waals surface area contributed by atoms with Gasteiger partial charge in [0.25, 0.3) is 0 Å². The van der Waals surface area contributed by atoms with Gasteiger partial charge < -0.3 is 4.52 Å². The molecule has 7 nitrogen and oxygen atoms in total. The zero-order valence-electron chi connectivity index (χ0n) is 15.5. The van der Waals surface area contributed by atoms with Crippen LogP contribution in [0.2, 0.25) is 5.02 Å². The molecule has 30 heavy (non-hydrogen) atoms. The van der Waals surface area contributed by atoms with E-state index in [-0.39, 0.29) is 0 Å². The van der Waals surface area contributed by atoms with E-state index in [4.69, 9.17) is 16.1 Å². The van der Waals surface area contributed by atoms with E-state index in [1.807, 2.05) is 22.7 Å². The fraction of sp³-hybridized carbons (Fsp3) is 0.143. The molecule has 6 rings (SSSR count). The summed E-state index contributed by atoms with van der Waals surface area (Å²) in [5, 5.41) is 11.5. The first-order valence-corrected chi connectivity index (χ1v) is 9.85. The van der Waals surface area contributed by atoms with Crippen LogP contribution in [0.4, 0.5) is 4.39 Å². The molecule has 0 unspecified atom stereocenters. The molecule has 4 aromatic heterocycles. The molecule has 1 saturated carbocycles. The van der Waals surface area contributed by atoms with Crippen LogP contribution in [0.25, 0.3) is 39.5 Å². The molecule has 0 aliphatic heterocycles. The Balaban J connectivity index is 1.46. The zero-order chi connectivity index (χ0) is 20.2. The number of halogens is 2. The van der Waals surface area contributed by atoms with Gasteiger partial charge in [-0.3, -0.25) is 9.50 Å². The zero-order valence-corrected chi connectivity index (χ0v) is 16.3. The van der Waals surface area contributed by atoms with E-state index in [2.05, 4.69) is 25.3 Å². The third-order valence-corrected chi connectivity index (χ3v) is 5.49. The highest BCUT2D eigenvalue weighted by Gasteiger charge is 2.30. The fourth-order valence-corrected chi connectivity index (χ4v) is 3.70. The summed E-state index contributed by atoms with van der Waals surface area (Å²) in [6.07, 6.45) is 7.47. The Morgan fingerprint density at radius 3 is 2.87 bits per heavy atom. The monoisotopic (exact) mass is 420 g/mol. The lowest BCUT2D eigenvalue weighted by atomic mass is 10.0. The van der Waals surface area contributed by atoms with Gasteiger partial charge in [-0.2, -0.15) is 10.1 Å². The molecule has 1 aromatic carbocycles. The number of imidazole rings is 1. The molecule has 5 aromatic rings. The number of hydrogen-bond acceptors (Lipinski definition) is 5. The third-order valence-electron chi connectivity index (χ3n) is 5.25. The van der Waals surface area contributed by atoms with E-state index >= 15 is 0 Å². The first kappa shape index (κ1) is 17.3. The maximum absolute atomic E-state index is 14.5. The molecule has 4 heterocycles. The summed E-state index contributed by atoms with van der Waals surface area (Å²) in [7, 11) is 0. The Morgan fingerprint density at radius 1 is 1.13 bits per heavy atom. The van der Waals surface area contributed by atoms with Crippen LogP contribution in [0.3, 0.4) is 0 Å². The highest BCUT2D eigenvalue weighted by Crippen LogP contribution is 2.39. The van der Waals surface area contributed by atoms with E-state index < -0.39 is 5.82 Å². The van der Waals surface area contributed by atoms with Crippen LogP contribution in [0.1, 0.15) is 24.7 Å². The predicted molar refractivity (Wildman–Crippen MR) is 108 cm³/mol. The standard InChI is InChI=1S/C21H14ClFN6O/c22-13-4-5-14(16(23)7-13)19-15(8-25-27-19)12-3-6-18-24-9-17(29(18)10-12)20-26-21(30-28-20)11-1-2-11/h3-11H,1-2H2,(H,25,27). The van der Waals surface area contributed by atoms with Gasteiger partial charge >= 0.3 is 0 Å². The second-order valence-corrected chi connectivity index (χ2v) is 7.74. The smallest absolute Gasteiger partial charge is 0.230 e. The predicted octanol–water partition coefficient (Wildman–Crippen LogP) is 5.11. The Morgan fingerprint density at radius 2 is 2.03 bits per heavy atom. The molecule has 0 saturated heterocycles. The Labute approximate surface area is 174 Å². The van der Waals surface area contributed by atoms with Gasteiger partial charge in [0.1, 0.15) is 17.2 Å². The maximum Gasteiger partial charge on any atom is 0.230 e. The second-order valence-electron chi connectivity index (χ2n) is 7.30. The number of pyridine rings is 1. The number of fused-ring (bicyclic) bond motifs is 1. The number of benzene rings is 1. The first-order chi connectivity index (χ1) is 14.7. The van der Waals surface area contributed by atoms with Crippen LogP contribution in [-0.4, -0.2) is 29.7 Å². The van der Waals surface area contributed by atoms with Crippen molar-refractivity contribution >= 4 is 17.2 Å². The highest BCUT2D eigenvalue weighted by atomic mass is 35.5. The lowest BCUT2D eigenvalue weighted by Gasteiger charge is -2.07. The van der Waals surface area contributed by atoms with Crippen molar-refractivity contribution < 1.29 is 8.91 Å². The summed E-state index contributed by atoms with van der Waals surface area (Å²) in [4.78, 5) is 8.96. The van der Waals surface area contributed by atoms with Crippen LogP contribution in [0.15, 0.2) is 53.4 Å². The number of aromatic nitrogens is 6. The van der Waals surface area contributed by atoms with Gasteiger partial charge in [-0.25, -0.2) is 9.37 Å². The molecule has 1 aliphatic carbocycles. The van der Waals surface area contributed by atoms with Crippen molar-refractivity contribution in [3.8, 4) is 33.9 Å². The number of nitrogens with zero attached hydrogens (tertiary/aromatic N) is 5. The van der Waals surface area contributed by atoms with E-state index in [9.17, 15) is 4.39 Å². The normalized spacial score (nSPS) is 13.9. The average Bonchev–Trinajstić information content (AvgIpc) is 3.15. The van der Waals surface area contributed by atoms with Gasteiger partial charge in [0, 0.05) is 33.8 Å². The average molecular weight is 421 g/mol. The summed E-state index contributed by atoms with van der Waals surface area (Å²) >= 11 is 5.89. The van der Waals surface area contributed by atoms with Crippen molar-refractivity contribution in [2.75, 3.05) is 0 Å². The Bertz CT molecular complexity index is 1400. The first-order valence-electron chi connectivity index (χ1n) is 9.47.